The number of aliphatic hydroxyl groups excluding tert-OH is 1. The van der Waals surface area contributed by atoms with Crippen molar-refractivity contribution in [2.45, 2.75) is 37.8 Å². The van der Waals surface area contributed by atoms with Crippen molar-refractivity contribution in [2.75, 3.05) is 11.0 Å². The Morgan fingerprint density at radius 3 is 2.54 bits per heavy atom. The van der Waals surface area contributed by atoms with Gasteiger partial charge >= 0.3 is 0 Å². The van der Waals surface area contributed by atoms with Gasteiger partial charge < -0.3 is 10.4 Å². The van der Waals surface area contributed by atoms with Crippen LogP contribution in [0, 0.1) is 11.8 Å². The van der Waals surface area contributed by atoms with Crippen LogP contribution in [0.1, 0.15) is 25.7 Å². The molecule has 0 amide bonds. The normalized spacial score (nSPS) is 35.5. The second-order valence-electron chi connectivity index (χ2n) is 4.41. The molecule has 0 aromatic rings. The standard InChI is InChI=1S/C10H18INO/c11-5-7-1-4-9(7)10(13)6-12-8-2-3-8/h7-10,12-13H,1-6H2. The predicted molar refractivity (Wildman–Crippen MR) is 62.1 cm³/mol. The average molecular weight is 295 g/mol. The summed E-state index contributed by atoms with van der Waals surface area (Å²) >= 11 is 2.44. The van der Waals surface area contributed by atoms with Crippen LogP contribution in [0.5, 0.6) is 0 Å². The summed E-state index contributed by atoms with van der Waals surface area (Å²) < 4.78 is 1.21. The lowest BCUT2D eigenvalue weighted by Gasteiger charge is -2.39. The molecule has 0 spiro atoms. The minimum atomic E-state index is -0.0888. The number of rotatable bonds is 5. The summed E-state index contributed by atoms with van der Waals surface area (Å²) in [5.74, 6) is 1.37. The Morgan fingerprint density at radius 1 is 1.31 bits per heavy atom. The molecular weight excluding hydrogens is 277 g/mol. The largest absolute Gasteiger partial charge is 0.392 e. The number of hydrogen-bond acceptors (Lipinski definition) is 2. The van der Waals surface area contributed by atoms with Crippen LogP contribution in [0.2, 0.25) is 0 Å². The fourth-order valence-electron chi connectivity index (χ4n) is 2.02. The molecular formula is C10H18INO. The molecule has 2 nitrogen and oxygen atoms in total. The lowest BCUT2D eigenvalue weighted by Crippen LogP contribution is -2.42. The Morgan fingerprint density at radius 2 is 2.08 bits per heavy atom. The van der Waals surface area contributed by atoms with Gasteiger partial charge in [-0.3, -0.25) is 0 Å². The molecule has 0 aliphatic heterocycles. The second kappa shape index (κ2) is 4.45. The molecule has 2 N–H and O–H groups in total. The van der Waals surface area contributed by atoms with Crippen molar-refractivity contribution < 1.29 is 5.11 Å². The van der Waals surface area contributed by atoms with Crippen LogP contribution < -0.4 is 5.32 Å². The Hall–Kier alpha value is 0.650. The summed E-state index contributed by atoms with van der Waals surface area (Å²) in [6.45, 7) is 0.822. The highest BCUT2D eigenvalue weighted by Gasteiger charge is 2.35. The lowest BCUT2D eigenvalue weighted by molar-refractivity contribution is 0.0243. The molecule has 0 bridgehead atoms. The van der Waals surface area contributed by atoms with E-state index in [-0.39, 0.29) is 6.10 Å². The molecule has 2 fully saturated rings. The van der Waals surface area contributed by atoms with Gasteiger partial charge in [-0.15, -0.1) is 0 Å². The van der Waals surface area contributed by atoms with Crippen LogP contribution >= 0.6 is 22.6 Å². The number of alkyl halides is 1. The van der Waals surface area contributed by atoms with Gasteiger partial charge in [0.05, 0.1) is 6.10 Å². The SMILES string of the molecule is OC(CNC1CC1)C1CCC1CI. The third-order valence-electron chi connectivity index (χ3n) is 3.36. The summed E-state index contributed by atoms with van der Waals surface area (Å²) in [6, 6.07) is 0.729. The molecule has 76 valence electrons. The van der Waals surface area contributed by atoms with E-state index >= 15 is 0 Å². The Balaban J connectivity index is 1.66. The van der Waals surface area contributed by atoms with E-state index in [4.69, 9.17) is 0 Å². The summed E-state index contributed by atoms with van der Waals surface area (Å²) in [4.78, 5) is 0. The van der Waals surface area contributed by atoms with Crippen molar-refractivity contribution in [1.29, 1.82) is 0 Å². The Labute approximate surface area is 93.6 Å². The van der Waals surface area contributed by atoms with Crippen molar-refractivity contribution in [1.82, 2.24) is 5.32 Å². The number of halogens is 1. The predicted octanol–water partition coefficient (Wildman–Crippen LogP) is 1.56. The molecule has 3 unspecified atom stereocenters. The highest BCUT2D eigenvalue weighted by atomic mass is 127. The zero-order chi connectivity index (χ0) is 9.26. The van der Waals surface area contributed by atoms with Gasteiger partial charge in [0.25, 0.3) is 0 Å². The van der Waals surface area contributed by atoms with Crippen LogP contribution in [0.3, 0.4) is 0 Å². The first-order chi connectivity index (χ1) is 6.31. The fraction of sp³-hybridized carbons (Fsp3) is 1.00. The minimum Gasteiger partial charge on any atom is -0.392 e. The van der Waals surface area contributed by atoms with Crippen molar-refractivity contribution in [2.24, 2.45) is 11.8 Å². The van der Waals surface area contributed by atoms with Crippen LogP contribution in [0.25, 0.3) is 0 Å². The van der Waals surface area contributed by atoms with Crippen LogP contribution in [-0.2, 0) is 0 Å². The lowest BCUT2D eigenvalue weighted by atomic mass is 9.72. The average Bonchev–Trinajstić information content (AvgIpc) is 2.82. The van der Waals surface area contributed by atoms with Gasteiger partial charge in [-0.05, 0) is 37.5 Å². The molecule has 0 saturated heterocycles. The van der Waals surface area contributed by atoms with Gasteiger partial charge in [0.1, 0.15) is 0 Å². The summed E-state index contributed by atoms with van der Waals surface area (Å²) in [7, 11) is 0. The maximum absolute atomic E-state index is 9.88. The quantitative estimate of drug-likeness (QED) is 0.596. The molecule has 13 heavy (non-hydrogen) atoms. The van der Waals surface area contributed by atoms with E-state index in [0.717, 1.165) is 18.5 Å². The Kier molecular flexibility index (Phi) is 3.48. The van der Waals surface area contributed by atoms with E-state index in [1.54, 1.807) is 0 Å². The summed E-state index contributed by atoms with van der Waals surface area (Å²) in [5, 5.41) is 13.3. The first-order valence-corrected chi connectivity index (χ1v) is 6.81. The minimum absolute atomic E-state index is 0.0888. The zero-order valence-electron chi connectivity index (χ0n) is 7.88. The topological polar surface area (TPSA) is 32.3 Å². The van der Waals surface area contributed by atoms with Gasteiger partial charge in [0, 0.05) is 17.0 Å². The Bertz CT molecular complexity index is 170. The highest BCUT2D eigenvalue weighted by Crippen LogP contribution is 2.38. The van der Waals surface area contributed by atoms with Crippen LogP contribution in [-0.4, -0.2) is 28.2 Å². The molecule has 0 radical (unpaired) electrons. The second-order valence-corrected chi connectivity index (χ2v) is 5.29. The fourth-order valence-corrected chi connectivity index (χ4v) is 3.11. The zero-order valence-corrected chi connectivity index (χ0v) is 10.0. The third-order valence-corrected chi connectivity index (χ3v) is 4.49. The molecule has 0 aromatic heterocycles. The first-order valence-electron chi connectivity index (χ1n) is 5.28. The van der Waals surface area contributed by atoms with Crippen molar-refractivity contribution in [3.63, 3.8) is 0 Å². The van der Waals surface area contributed by atoms with Gasteiger partial charge in [-0.1, -0.05) is 22.6 Å². The van der Waals surface area contributed by atoms with Crippen molar-refractivity contribution in [3.8, 4) is 0 Å². The van der Waals surface area contributed by atoms with Crippen LogP contribution in [0.4, 0.5) is 0 Å². The maximum Gasteiger partial charge on any atom is 0.0695 e. The molecule has 2 saturated carbocycles. The number of aliphatic hydroxyl groups is 1. The molecule has 2 rings (SSSR count). The number of hydrogen-bond donors (Lipinski definition) is 2. The van der Waals surface area contributed by atoms with E-state index in [9.17, 15) is 5.11 Å². The van der Waals surface area contributed by atoms with Gasteiger partial charge in [0.2, 0.25) is 0 Å². The molecule has 3 atom stereocenters. The molecule has 0 heterocycles. The molecule has 2 aliphatic rings. The first kappa shape index (κ1) is 10.2. The van der Waals surface area contributed by atoms with Crippen molar-refractivity contribution >= 4 is 22.6 Å². The van der Waals surface area contributed by atoms with Gasteiger partial charge in [-0.2, -0.15) is 0 Å². The van der Waals surface area contributed by atoms with Gasteiger partial charge in [-0.25, -0.2) is 0 Å². The van der Waals surface area contributed by atoms with Crippen LogP contribution in [0.15, 0.2) is 0 Å². The third kappa shape index (κ3) is 2.57. The molecule has 0 aromatic carbocycles. The summed E-state index contributed by atoms with van der Waals surface area (Å²) in [6.07, 6.45) is 5.10. The van der Waals surface area contributed by atoms with Gasteiger partial charge in [0.15, 0.2) is 0 Å². The van der Waals surface area contributed by atoms with E-state index in [1.807, 2.05) is 0 Å². The van der Waals surface area contributed by atoms with Crippen molar-refractivity contribution in [3.05, 3.63) is 0 Å². The van der Waals surface area contributed by atoms with E-state index in [1.165, 1.54) is 30.1 Å². The maximum atomic E-state index is 9.88. The smallest absolute Gasteiger partial charge is 0.0695 e. The van der Waals surface area contributed by atoms with E-state index in [0.29, 0.717) is 5.92 Å². The molecule has 2 aliphatic carbocycles. The molecule has 3 heteroatoms. The number of nitrogens with one attached hydrogen (secondary N) is 1. The summed E-state index contributed by atoms with van der Waals surface area (Å²) in [5.41, 5.74) is 0. The highest BCUT2D eigenvalue weighted by molar-refractivity contribution is 14.1. The van der Waals surface area contributed by atoms with E-state index in [2.05, 4.69) is 27.9 Å². The van der Waals surface area contributed by atoms with E-state index < -0.39 is 0 Å². The monoisotopic (exact) mass is 295 g/mol.